The zero-order chi connectivity index (χ0) is 21.3. The highest BCUT2D eigenvalue weighted by Crippen LogP contribution is 2.33. The molecule has 1 fully saturated rings. The smallest absolute Gasteiger partial charge is 0.261 e. The predicted octanol–water partition coefficient (Wildman–Crippen LogP) is 4.97. The Morgan fingerprint density at radius 2 is 2.03 bits per heavy atom. The molecule has 158 valence electrons. The second-order valence-electron chi connectivity index (χ2n) is 6.77. The number of hydrogen-bond acceptors (Lipinski definition) is 5. The zero-order valence-electron chi connectivity index (χ0n) is 15.7. The molecule has 0 atom stereocenters. The van der Waals surface area contributed by atoms with E-state index in [-0.39, 0.29) is 11.4 Å². The monoisotopic (exact) mass is 515 g/mol. The number of aromatic nitrogens is 1. The summed E-state index contributed by atoms with van der Waals surface area (Å²) in [6.07, 6.45) is 0. The molecule has 0 bridgehead atoms. The number of carbonyl (C=O) groups is 1. The van der Waals surface area contributed by atoms with Crippen molar-refractivity contribution in [1.82, 2.24) is 9.88 Å². The van der Waals surface area contributed by atoms with Gasteiger partial charge in [-0.3, -0.25) is 14.6 Å². The number of nitrogens with zero attached hydrogens (tertiary/aromatic N) is 3. The van der Waals surface area contributed by atoms with Crippen molar-refractivity contribution in [2.75, 3.05) is 44.3 Å². The van der Waals surface area contributed by atoms with Crippen molar-refractivity contribution < 1.29 is 18.3 Å². The van der Waals surface area contributed by atoms with Gasteiger partial charge in [-0.05, 0) is 24.3 Å². The van der Waals surface area contributed by atoms with Gasteiger partial charge in [-0.1, -0.05) is 38.9 Å². The van der Waals surface area contributed by atoms with E-state index in [1.165, 1.54) is 11.0 Å². The fourth-order valence-electron chi connectivity index (χ4n) is 3.22. The van der Waals surface area contributed by atoms with Crippen LogP contribution in [-0.4, -0.2) is 55.2 Å². The first-order chi connectivity index (χ1) is 14.4. The quantitative estimate of drug-likeness (QED) is 0.480. The topological polar surface area (TPSA) is 45.7 Å². The molecule has 2 aromatic carbocycles. The molecule has 0 spiro atoms. The maximum atomic E-state index is 14.2. The molecule has 1 aromatic heterocycles. The Balaban J connectivity index is 1.70. The van der Waals surface area contributed by atoms with E-state index in [9.17, 15) is 13.6 Å². The molecule has 0 radical (unpaired) electrons. The van der Waals surface area contributed by atoms with Crippen LogP contribution in [0.1, 0.15) is 10.4 Å². The summed E-state index contributed by atoms with van der Waals surface area (Å²) in [4.78, 5) is 21.4. The Morgan fingerprint density at radius 1 is 1.27 bits per heavy atom. The van der Waals surface area contributed by atoms with Gasteiger partial charge < -0.3 is 4.74 Å². The normalized spacial score (nSPS) is 14.9. The summed E-state index contributed by atoms with van der Waals surface area (Å²) in [5, 5.41) is 0.599. The number of anilines is 1. The van der Waals surface area contributed by atoms with Crippen LogP contribution in [0.2, 0.25) is 5.02 Å². The lowest BCUT2D eigenvalue weighted by atomic mass is 10.2. The van der Waals surface area contributed by atoms with E-state index in [0.29, 0.717) is 51.2 Å². The summed E-state index contributed by atoms with van der Waals surface area (Å²) >= 11 is 10.7. The van der Waals surface area contributed by atoms with Crippen LogP contribution >= 0.6 is 38.9 Å². The molecule has 3 aromatic rings. The van der Waals surface area contributed by atoms with Gasteiger partial charge in [0.15, 0.2) is 10.9 Å². The van der Waals surface area contributed by atoms with Gasteiger partial charge in [0.2, 0.25) is 0 Å². The molecular weight excluding hydrogens is 500 g/mol. The van der Waals surface area contributed by atoms with Gasteiger partial charge in [0.1, 0.15) is 11.3 Å². The number of carbonyl (C=O) groups excluding carboxylic acids is 1. The van der Waals surface area contributed by atoms with Crippen LogP contribution in [0.15, 0.2) is 34.8 Å². The first-order valence-electron chi connectivity index (χ1n) is 9.25. The average molecular weight is 517 g/mol. The number of fused-ring (bicyclic) bond motifs is 1. The fraction of sp³-hybridized carbons (Fsp3) is 0.300. The molecule has 2 heterocycles. The van der Waals surface area contributed by atoms with Crippen LogP contribution < -0.4 is 4.90 Å². The van der Waals surface area contributed by atoms with Gasteiger partial charge in [-0.2, -0.15) is 0 Å². The van der Waals surface area contributed by atoms with E-state index in [2.05, 4.69) is 25.8 Å². The second-order valence-corrected chi connectivity index (χ2v) is 9.10. The first kappa shape index (κ1) is 21.6. The maximum absolute atomic E-state index is 14.2. The van der Waals surface area contributed by atoms with Crippen LogP contribution in [-0.2, 0) is 4.74 Å². The number of halogens is 4. The molecule has 0 N–H and O–H groups in total. The van der Waals surface area contributed by atoms with Gasteiger partial charge >= 0.3 is 0 Å². The Bertz CT molecular complexity index is 1090. The van der Waals surface area contributed by atoms with Gasteiger partial charge in [0.05, 0.1) is 28.5 Å². The number of ether oxygens (including phenoxy) is 1. The number of amides is 1. The first-order valence-corrected chi connectivity index (χ1v) is 11.2. The minimum Gasteiger partial charge on any atom is -0.379 e. The molecule has 0 aliphatic carbocycles. The van der Waals surface area contributed by atoms with E-state index in [0.717, 1.165) is 30.5 Å². The summed E-state index contributed by atoms with van der Waals surface area (Å²) in [6, 6.07) is 7.02. The predicted molar refractivity (Wildman–Crippen MR) is 118 cm³/mol. The number of thiazole rings is 1. The van der Waals surface area contributed by atoms with Gasteiger partial charge in [-0.15, -0.1) is 0 Å². The molecule has 1 aliphatic heterocycles. The third kappa shape index (κ3) is 4.65. The SMILES string of the molecule is O=C(c1cc(Br)ccc1Cl)N(CCN1CCOCC1)c1nc2c(F)cc(F)cc2s1. The Labute approximate surface area is 189 Å². The summed E-state index contributed by atoms with van der Waals surface area (Å²) in [5.41, 5.74) is 0.347. The standard InChI is InChI=1S/C20H17BrClF2N3O2S/c21-12-1-2-15(22)14(9-12)19(28)27(4-3-26-5-7-29-8-6-26)20-25-18-16(24)10-13(23)11-17(18)30-20/h1-2,9-11H,3-8H2. The van der Waals surface area contributed by atoms with Crippen molar-refractivity contribution in [1.29, 1.82) is 0 Å². The third-order valence-corrected chi connectivity index (χ3v) is 6.63. The van der Waals surface area contributed by atoms with Crippen LogP contribution in [0.3, 0.4) is 0 Å². The van der Waals surface area contributed by atoms with Crippen LogP contribution in [0.5, 0.6) is 0 Å². The Morgan fingerprint density at radius 3 is 2.80 bits per heavy atom. The maximum Gasteiger partial charge on any atom is 0.261 e. The number of benzene rings is 2. The molecule has 1 saturated heterocycles. The summed E-state index contributed by atoms with van der Waals surface area (Å²) in [5.74, 6) is -1.79. The lowest BCUT2D eigenvalue weighted by Gasteiger charge is -2.29. The molecular formula is C20H17BrClF2N3O2S. The molecule has 4 rings (SSSR count). The lowest BCUT2D eigenvalue weighted by molar-refractivity contribution is 0.0391. The van der Waals surface area contributed by atoms with Crippen molar-refractivity contribution >= 4 is 60.1 Å². The molecule has 5 nitrogen and oxygen atoms in total. The van der Waals surface area contributed by atoms with Gasteiger partial charge in [0, 0.05) is 36.7 Å². The minimum absolute atomic E-state index is 0.0425. The van der Waals surface area contributed by atoms with Crippen molar-refractivity contribution in [3.63, 3.8) is 0 Å². The second kappa shape index (κ2) is 9.23. The largest absolute Gasteiger partial charge is 0.379 e. The highest BCUT2D eigenvalue weighted by atomic mass is 79.9. The average Bonchev–Trinajstić information content (AvgIpc) is 3.14. The van der Waals surface area contributed by atoms with E-state index in [1.54, 1.807) is 18.2 Å². The van der Waals surface area contributed by atoms with Gasteiger partial charge in [0.25, 0.3) is 5.91 Å². The van der Waals surface area contributed by atoms with E-state index >= 15 is 0 Å². The highest BCUT2D eigenvalue weighted by molar-refractivity contribution is 9.10. The Kier molecular flexibility index (Phi) is 6.64. The van der Waals surface area contributed by atoms with E-state index in [1.807, 2.05) is 0 Å². The van der Waals surface area contributed by atoms with Gasteiger partial charge in [-0.25, -0.2) is 13.8 Å². The highest BCUT2D eigenvalue weighted by Gasteiger charge is 2.25. The summed E-state index contributed by atoms with van der Waals surface area (Å²) in [7, 11) is 0. The molecule has 0 saturated carbocycles. The molecule has 1 amide bonds. The van der Waals surface area contributed by atoms with Crippen molar-refractivity contribution in [2.24, 2.45) is 0 Å². The number of hydrogen-bond donors (Lipinski definition) is 0. The Hall–Kier alpha value is -1.65. The van der Waals surface area contributed by atoms with Crippen molar-refractivity contribution in [2.45, 2.75) is 0 Å². The molecule has 10 heteroatoms. The third-order valence-electron chi connectivity index (χ3n) is 4.78. The van der Waals surface area contributed by atoms with Crippen molar-refractivity contribution in [3.05, 3.63) is 57.0 Å². The zero-order valence-corrected chi connectivity index (χ0v) is 18.9. The molecule has 1 aliphatic rings. The molecule has 0 unspecified atom stereocenters. The van der Waals surface area contributed by atoms with Crippen molar-refractivity contribution in [3.8, 4) is 0 Å². The van der Waals surface area contributed by atoms with Crippen LogP contribution in [0, 0.1) is 11.6 Å². The fourth-order valence-corrected chi connectivity index (χ4v) is 4.81. The lowest BCUT2D eigenvalue weighted by Crippen LogP contribution is -2.43. The molecule has 30 heavy (non-hydrogen) atoms. The van der Waals surface area contributed by atoms with Crippen LogP contribution in [0.25, 0.3) is 10.2 Å². The van der Waals surface area contributed by atoms with Crippen LogP contribution in [0.4, 0.5) is 13.9 Å². The number of rotatable bonds is 5. The minimum atomic E-state index is -0.756. The number of morpholine rings is 1. The van der Waals surface area contributed by atoms with E-state index in [4.69, 9.17) is 16.3 Å². The van der Waals surface area contributed by atoms with E-state index < -0.39 is 11.6 Å². The summed E-state index contributed by atoms with van der Waals surface area (Å²) < 4.78 is 34.2. The summed E-state index contributed by atoms with van der Waals surface area (Å²) in [6.45, 7) is 3.71.